The topological polar surface area (TPSA) is 21.3 Å². The van der Waals surface area contributed by atoms with Crippen LogP contribution in [0.3, 0.4) is 0 Å². The number of hydrogen-bond donors (Lipinski definition) is 1. The number of nitrogens with one attached hydrogen (secondary N) is 1. The van der Waals surface area contributed by atoms with E-state index in [1.54, 1.807) is 19.2 Å². The van der Waals surface area contributed by atoms with E-state index in [1.165, 1.54) is 12.5 Å². The highest BCUT2D eigenvalue weighted by Gasteiger charge is 2.21. The van der Waals surface area contributed by atoms with E-state index >= 15 is 0 Å². The van der Waals surface area contributed by atoms with Gasteiger partial charge in [0.1, 0.15) is 5.82 Å². The van der Waals surface area contributed by atoms with Crippen molar-refractivity contribution >= 4 is 21.6 Å². The third kappa shape index (κ3) is 3.42. The fourth-order valence-corrected chi connectivity index (χ4v) is 2.69. The monoisotopic (exact) mass is 301 g/mol. The first-order valence-electron chi connectivity index (χ1n) is 5.93. The Hall–Kier alpha value is -0.610. The molecule has 0 amide bonds. The van der Waals surface area contributed by atoms with Crippen LogP contribution in [0.2, 0.25) is 0 Å². The van der Waals surface area contributed by atoms with E-state index in [1.807, 2.05) is 0 Å². The fraction of sp³-hybridized carbons (Fsp3) is 0.538. The Morgan fingerprint density at radius 2 is 2.24 bits per heavy atom. The maximum atomic E-state index is 13.1. The Balaban J connectivity index is 1.97. The highest BCUT2D eigenvalue weighted by atomic mass is 79.9. The van der Waals surface area contributed by atoms with Crippen molar-refractivity contribution in [2.24, 2.45) is 0 Å². The highest BCUT2D eigenvalue weighted by molar-refractivity contribution is 9.10. The Morgan fingerprint density at radius 3 is 2.94 bits per heavy atom. The zero-order chi connectivity index (χ0) is 12.3. The van der Waals surface area contributed by atoms with Crippen molar-refractivity contribution in [2.45, 2.75) is 37.8 Å². The molecule has 2 atom stereocenters. The number of rotatable bonds is 3. The summed E-state index contributed by atoms with van der Waals surface area (Å²) < 4.78 is 19.0. The molecule has 2 rings (SSSR count). The quantitative estimate of drug-likeness (QED) is 0.912. The van der Waals surface area contributed by atoms with Gasteiger partial charge in [-0.05, 0) is 59.8 Å². The van der Waals surface area contributed by atoms with Gasteiger partial charge in [0.05, 0.1) is 10.6 Å². The molecular weight excluding hydrogens is 285 g/mol. The van der Waals surface area contributed by atoms with Gasteiger partial charge in [-0.25, -0.2) is 4.39 Å². The summed E-state index contributed by atoms with van der Waals surface area (Å²) in [5, 5.41) is 3.44. The largest absolute Gasteiger partial charge is 0.382 e. The number of anilines is 1. The Morgan fingerprint density at radius 1 is 1.41 bits per heavy atom. The van der Waals surface area contributed by atoms with Crippen LogP contribution >= 0.6 is 15.9 Å². The molecule has 1 aromatic rings. The minimum absolute atomic E-state index is 0.228. The highest BCUT2D eigenvalue weighted by Crippen LogP contribution is 2.26. The molecule has 94 valence electrons. The van der Waals surface area contributed by atoms with Crippen molar-refractivity contribution in [1.82, 2.24) is 0 Å². The van der Waals surface area contributed by atoms with Gasteiger partial charge < -0.3 is 10.1 Å². The molecule has 2 nitrogen and oxygen atoms in total. The second kappa shape index (κ2) is 5.83. The van der Waals surface area contributed by atoms with Crippen molar-refractivity contribution in [3.8, 4) is 0 Å². The Kier molecular flexibility index (Phi) is 4.40. The maximum Gasteiger partial charge on any atom is 0.137 e. The summed E-state index contributed by atoms with van der Waals surface area (Å²) in [6.07, 6.45) is 4.84. The molecule has 0 radical (unpaired) electrons. The lowest BCUT2D eigenvalue weighted by Crippen LogP contribution is -2.30. The fourth-order valence-electron chi connectivity index (χ4n) is 2.31. The summed E-state index contributed by atoms with van der Waals surface area (Å²) >= 11 is 3.20. The molecule has 1 fully saturated rings. The molecule has 1 aromatic carbocycles. The summed E-state index contributed by atoms with van der Waals surface area (Å²) in [4.78, 5) is 0. The van der Waals surface area contributed by atoms with E-state index in [9.17, 15) is 4.39 Å². The van der Waals surface area contributed by atoms with Crippen LogP contribution in [0.15, 0.2) is 22.7 Å². The average molecular weight is 302 g/mol. The molecule has 0 spiro atoms. The number of halogens is 2. The minimum atomic E-state index is -0.228. The summed E-state index contributed by atoms with van der Waals surface area (Å²) in [6, 6.07) is 5.46. The Bertz CT molecular complexity index is 386. The second-order valence-corrected chi connectivity index (χ2v) is 5.35. The Labute approximate surface area is 110 Å². The molecule has 4 heteroatoms. The van der Waals surface area contributed by atoms with Crippen molar-refractivity contribution in [3.63, 3.8) is 0 Å². The lowest BCUT2D eigenvalue weighted by atomic mass is 9.92. The zero-order valence-corrected chi connectivity index (χ0v) is 11.5. The van der Waals surface area contributed by atoms with E-state index in [0.717, 1.165) is 24.9 Å². The average Bonchev–Trinajstić information content (AvgIpc) is 2.34. The standard InChI is InChI=1S/C13H17BrFNO/c1-17-11-4-2-3-9(7-11)16-10-5-6-13(15)12(14)8-10/h5-6,8-9,11,16H,2-4,7H2,1H3. The molecule has 17 heavy (non-hydrogen) atoms. The molecular formula is C13H17BrFNO. The van der Waals surface area contributed by atoms with Crippen LogP contribution in [0.5, 0.6) is 0 Å². The zero-order valence-electron chi connectivity index (χ0n) is 9.88. The number of methoxy groups -OCH3 is 1. The third-order valence-electron chi connectivity index (χ3n) is 3.25. The maximum absolute atomic E-state index is 13.1. The van der Waals surface area contributed by atoms with Crippen LogP contribution in [0, 0.1) is 5.82 Å². The van der Waals surface area contributed by atoms with Crippen LogP contribution in [-0.4, -0.2) is 19.3 Å². The van der Waals surface area contributed by atoms with Crippen molar-refractivity contribution in [3.05, 3.63) is 28.5 Å². The van der Waals surface area contributed by atoms with E-state index in [-0.39, 0.29) is 5.82 Å². The third-order valence-corrected chi connectivity index (χ3v) is 3.86. The first kappa shape index (κ1) is 12.8. The van der Waals surface area contributed by atoms with Gasteiger partial charge in [0.15, 0.2) is 0 Å². The van der Waals surface area contributed by atoms with Gasteiger partial charge in [0.25, 0.3) is 0 Å². The molecule has 0 aromatic heterocycles. The summed E-state index contributed by atoms with van der Waals surface area (Å²) in [6.45, 7) is 0. The molecule has 1 aliphatic rings. The lowest BCUT2D eigenvalue weighted by molar-refractivity contribution is 0.0669. The van der Waals surface area contributed by atoms with Gasteiger partial charge in [-0.15, -0.1) is 0 Å². The molecule has 0 saturated heterocycles. The molecule has 0 bridgehead atoms. The van der Waals surface area contributed by atoms with Crippen LogP contribution in [0.1, 0.15) is 25.7 Å². The van der Waals surface area contributed by atoms with Crippen molar-refractivity contribution < 1.29 is 9.13 Å². The van der Waals surface area contributed by atoms with Crippen LogP contribution in [0.25, 0.3) is 0 Å². The van der Waals surface area contributed by atoms with Crippen LogP contribution in [0.4, 0.5) is 10.1 Å². The number of benzene rings is 1. The van der Waals surface area contributed by atoms with Gasteiger partial charge in [-0.1, -0.05) is 0 Å². The van der Waals surface area contributed by atoms with E-state index < -0.39 is 0 Å². The second-order valence-electron chi connectivity index (χ2n) is 4.49. The smallest absolute Gasteiger partial charge is 0.137 e. The lowest BCUT2D eigenvalue weighted by Gasteiger charge is -2.29. The van der Waals surface area contributed by atoms with Crippen molar-refractivity contribution in [1.29, 1.82) is 0 Å². The summed E-state index contributed by atoms with van der Waals surface area (Å²) in [7, 11) is 1.77. The summed E-state index contributed by atoms with van der Waals surface area (Å²) in [5.74, 6) is -0.228. The van der Waals surface area contributed by atoms with E-state index in [0.29, 0.717) is 16.6 Å². The normalized spacial score (nSPS) is 24.6. The first-order chi connectivity index (χ1) is 8.19. The van der Waals surface area contributed by atoms with E-state index in [4.69, 9.17) is 4.74 Å². The first-order valence-corrected chi connectivity index (χ1v) is 6.72. The molecule has 1 N–H and O–H groups in total. The minimum Gasteiger partial charge on any atom is -0.382 e. The van der Waals surface area contributed by atoms with E-state index in [2.05, 4.69) is 21.2 Å². The molecule has 1 aliphatic carbocycles. The van der Waals surface area contributed by atoms with Gasteiger partial charge in [-0.3, -0.25) is 0 Å². The SMILES string of the molecule is COC1CCCC(Nc2ccc(F)c(Br)c2)C1. The van der Waals surface area contributed by atoms with Crippen molar-refractivity contribution in [2.75, 3.05) is 12.4 Å². The van der Waals surface area contributed by atoms with Gasteiger partial charge in [0.2, 0.25) is 0 Å². The predicted molar refractivity (Wildman–Crippen MR) is 70.8 cm³/mol. The predicted octanol–water partition coefficient (Wildman–Crippen LogP) is 3.96. The number of hydrogen-bond acceptors (Lipinski definition) is 2. The van der Waals surface area contributed by atoms with Crippen LogP contribution < -0.4 is 5.32 Å². The molecule has 0 heterocycles. The van der Waals surface area contributed by atoms with Gasteiger partial charge >= 0.3 is 0 Å². The summed E-state index contributed by atoms with van der Waals surface area (Å²) in [5.41, 5.74) is 0.958. The van der Waals surface area contributed by atoms with Gasteiger partial charge in [0, 0.05) is 18.8 Å². The van der Waals surface area contributed by atoms with Crippen LogP contribution in [-0.2, 0) is 4.74 Å². The number of ether oxygens (including phenoxy) is 1. The van der Waals surface area contributed by atoms with Gasteiger partial charge in [-0.2, -0.15) is 0 Å². The molecule has 0 aliphatic heterocycles. The molecule has 1 saturated carbocycles. The molecule has 2 unspecified atom stereocenters.